The van der Waals surface area contributed by atoms with E-state index in [-0.39, 0.29) is 4.90 Å². The fraction of sp³-hybridized carbons (Fsp3) is 0.250. The first-order valence-electron chi connectivity index (χ1n) is 7.02. The van der Waals surface area contributed by atoms with Crippen molar-refractivity contribution in [3.63, 3.8) is 0 Å². The summed E-state index contributed by atoms with van der Waals surface area (Å²) in [6.07, 6.45) is 3.90. The van der Waals surface area contributed by atoms with Crippen molar-refractivity contribution in [2.45, 2.75) is 25.2 Å². The summed E-state index contributed by atoms with van der Waals surface area (Å²) >= 11 is 0. The summed E-state index contributed by atoms with van der Waals surface area (Å²) < 4.78 is 24.2. The maximum Gasteiger partial charge on any atom is 0.276 e. The van der Waals surface area contributed by atoms with Crippen LogP contribution in [0.15, 0.2) is 58.7 Å². The molecule has 0 aliphatic rings. The number of rotatable bonds is 6. The van der Waals surface area contributed by atoms with Crippen LogP contribution in [0.3, 0.4) is 0 Å². The Morgan fingerprint density at radius 3 is 2.50 bits per heavy atom. The minimum absolute atomic E-state index is 0.193. The van der Waals surface area contributed by atoms with Crippen LogP contribution in [-0.4, -0.2) is 19.6 Å². The molecule has 1 heterocycles. The minimum Gasteiger partial charge on any atom is -0.255 e. The first kappa shape index (κ1) is 16.2. The number of nitrogens with one attached hydrogen (secondary N) is 1. The number of hydrazone groups is 1. The quantitative estimate of drug-likeness (QED) is 0.657. The van der Waals surface area contributed by atoms with E-state index in [1.54, 1.807) is 36.5 Å². The van der Waals surface area contributed by atoms with Gasteiger partial charge in [0.05, 0.1) is 16.8 Å². The van der Waals surface area contributed by atoms with Crippen molar-refractivity contribution in [3.05, 3.63) is 59.9 Å². The molecule has 0 aliphatic carbocycles. The standard InChI is InChI=1S/C16H19N3O2S/c1-13(2)11-14-6-8-16(9-7-14)22(20,21)19-18-12-15-5-3-4-10-17-15/h3-10,12-13,19H,11H2,1-2H3. The Morgan fingerprint density at radius 1 is 1.18 bits per heavy atom. The highest BCUT2D eigenvalue weighted by Gasteiger charge is 2.12. The molecule has 6 heteroatoms. The fourth-order valence-corrected chi connectivity index (χ4v) is 2.73. The van der Waals surface area contributed by atoms with Crippen LogP contribution in [0.4, 0.5) is 0 Å². The first-order chi connectivity index (χ1) is 10.5. The van der Waals surface area contributed by atoms with Gasteiger partial charge in [0.25, 0.3) is 10.0 Å². The molecule has 1 aromatic heterocycles. The summed E-state index contributed by atoms with van der Waals surface area (Å²) in [5, 5.41) is 3.74. The third kappa shape index (κ3) is 4.66. The zero-order chi connectivity index (χ0) is 16.0. The van der Waals surface area contributed by atoms with E-state index in [9.17, 15) is 8.42 Å². The number of aromatic nitrogens is 1. The molecule has 0 atom stereocenters. The Balaban J connectivity index is 2.05. The van der Waals surface area contributed by atoms with E-state index in [1.807, 2.05) is 12.1 Å². The van der Waals surface area contributed by atoms with Crippen LogP contribution in [0, 0.1) is 5.92 Å². The monoisotopic (exact) mass is 317 g/mol. The van der Waals surface area contributed by atoms with E-state index in [1.165, 1.54) is 6.21 Å². The molecule has 0 aliphatic heterocycles. The molecule has 2 rings (SSSR count). The van der Waals surface area contributed by atoms with Crippen molar-refractivity contribution in [2.24, 2.45) is 11.0 Å². The van der Waals surface area contributed by atoms with Gasteiger partial charge in [-0.15, -0.1) is 0 Å². The van der Waals surface area contributed by atoms with Gasteiger partial charge in [-0.2, -0.15) is 13.5 Å². The van der Waals surface area contributed by atoms with Crippen molar-refractivity contribution in [1.82, 2.24) is 9.82 Å². The summed E-state index contributed by atoms with van der Waals surface area (Å²) in [6, 6.07) is 12.2. The van der Waals surface area contributed by atoms with Gasteiger partial charge in [0, 0.05) is 6.20 Å². The number of benzene rings is 1. The van der Waals surface area contributed by atoms with Gasteiger partial charge in [-0.3, -0.25) is 4.98 Å². The minimum atomic E-state index is -3.65. The highest BCUT2D eigenvalue weighted by atomic mass is 32.2. The van der Waals surface area contributed by atoms with Crippen molar-refractivity contribution in [2.75, 3.05) is 0 Å². The summed E-state index contributed by atoms with van der Waals surface area (Å²) in [5.74, 6) is 0.531. The smallest absolute Gasteiger partial charge is 0.255 e. The molecule has 22 heavy (non-hydrogen) atoms. The normalized spacial score (nSPS) is 12.0. The van der Waals surface area contributed by atoms with Crippen molar-refractivity contribution in [3.8, 4) is 0 Å². The molecule has 1 aromatic carbocycles. The number of pyridine rings is 1. The van der Waals surface area contributed by atoms with Crippen LogP contribution in [-0.2, 0) is 16.4 Å². The molecule has 0 saturated heterocycles. The Hall–Kier alpha value is -2.21. The average molecular weight is 317 g/mol. The highest BCUT2D eigenvalue weighted by Crippen LogP contribution is 2.13. The molecule has 0 fully saturated rings. The van der Waals surface area contributed by atoms with Gasteiger partial charge in [-0.25, -0.2) is 4.83 Å². The summed E-state index contributed by atoms with van der Waals surface area (Å²) in [5.41, 5.74) is 1.70. The molecule has 2 aromatic rings. The zero-order valence-corrected chi connectivity index (χ0v) is 13.4. The van der Waals surface area contributed by atoms with E-state index < -0.39 is 10.0 Å². The van der Waals surface area contributed by atoms with Crippen molar-refractivity contribution < 1.29 is 8.42 Å². The lowest BCUT2D eigenvalue weighted by Gasteiger charge is -2.07. The maximum atomic E-state index is 12.1. The molecule has 1 N–H and O–H groups in total. The van der Waals surface area contributed by atoms with Crippen molar-refractivity contribution >= 4 is 16.2 Å². The van der Waals surface area contributed by atoms with Gasteiger partial charge in [0.15, 0.2) is 0 Å². The Morgan fingerprint density at radius 2 is 1.91 bits per heavy atom. The summed E-state index contributed by atoms with van der Waals surface area (Å²) in [6.45, 7) is 4.25. The van der Waals surface area contributed by atoms with Gasteiger partial charge in [-0.05, 0) is 42.2 Å². The molecular formula is C16H19N3O2S. The molecule has 0 spiro atoms. The van der Waals surface area contributed by atoms with E-state index in [2.05, 4.69) is 28.8 Å². The Bertz CT molecular complexity index is 724. The predicted molar refractivity (Wildman–Crippen MR) is 87.1 cm³/mol. The molecule has 0 amide bonds. The van der Waals surface area contributed by atoms with Crippen LogP contribution < -0.4 is 4.83 Å². The highest BCUT2D eigenvalue weighted by molar-refractivity contribution is 7.89. The van der Waals surface area contributed by atoms with Crippen molar-refractivity contribution in [1.29, 1.82) is 0 Å². The second-order valence-corrected chi connectivity index (χ2v) is 7.01. The lowest BCUT2D eigenvalue weighted by atomic mass is 10.0. The second kappa shape index (κ2) is 7.17. The fourth-order valence-electron chi connectivity index (χ4n) is 1.94. The summed E-state index contributed by atoms with van der Waals surface area (Å²) in [4.78, 5) is 6.40. The molecule has 0 bridgehead atoms. The second-order valence-electron chi connectivity index (χ2n) is 5.35. The third-order valence-electron chi connectivity index (χ3n) is 2.94. The molecule has 116 valence electrons. The Labute approximate surface area is 131 Å². The maximum absolute atomic E-state index is 12.1. The number of sulfonamides is 1. The summed E-state index contributed by atoms with van der Waals surface area (Å²) in [7, 11) is -3.65. The number of nitrogens with zero attached hydrogens (tertiary/aromatic N) is 2. The van der Waals surface area contributed by atoms with E-state index in [0.717, 1.165) is 12.0 Å². The molecular weight excluding hydrogens is 298 g/mol. The van der Waals surface area contributed by atoms with Crippen LogP contribution >= 0.6 is 0 Å². The van der Waals surface area contributed by atoms with E-state index in [4.69, 9.17) is 0 Å². The van der Waals surface area contributed by atoms with Crippen LogP contribution in [0.5, 0.6) is 0 Å². The van der Waals surface area contributed by atoms with Gasteiger partial charge in [-0.1, -0.05) is 32.0 Å². The van der Waals surface area contributed by atoms with Crippen LogP contribution in [0.2, 0.25) is 0 Å². The SMILES string of the molecule is CC(C)Cc1ccc(S(=O)(=O)NN=Cc2ccccn2)cc1. The molecule has 5 nitrogen and oxygen atoms in total. The van der Waals surface area contributed by atoms with Gasteiger partial charge >= 0.3 is 0 Å². The number of hydrogen-bond donors (Lipinski definition) is 1. The topological polar surface area (TPSA) is 71.4 Å². The molecule has 0 unspecified atom stereocenters. The lowest BCUT2D eigenvalue weighted by Crippen LogP contribution is -2.18. The Kier molecular flexibility index (Phi) is 5.27. The average Bonchev–Trinajstić information content (AvgIpc) is 2.48. The predicted octanol–water partition coefficient (Wildman–Crippen LogP) is 2.59. The van der Waals surface area contributed by atoms with Gasteiger partial charge in [0.2, 0.25) is 0 Å². The largest absolute Gasteiger partial charge is 0.276 e. The third-order valence-corrected chi connectivity index (χ3v) is 4.17. The van der Waals surface area contributed by atoms with Crippen LogP contribution in [0.25, 0.3) is 0 Å². The van der Waals surface area contributed by atoms with E-state index in [0.29, 0.717) is 11.6 Å². The van der Waals surface area contributed by atoms with Gasteiger partial charge < -0.3 is 0 Å². The number of hydrogen-bond acceptors (Lipinski definition) is 4. The molecule has 0 saturated carbocycles. The zero-order valence-electron chi connectivity index (χ0n) is 12.6. The van der Waals surface area contributed by atoms with Crippen LogP contribution in [0.1, 0.15) is 25.1 Å². The lowest BCUT2D eigenvalue weighted by molar-refractivity contribution is 0.584. The first-order valence-corrected chi connectivity index (χ1v) is 8.50. The molecule has 0 radical (unpaired) electrons. The van der Waals surface area contributed by atoms with Gasteiger partial charge in [0.1, 0.15) is 0 Å². The van der Waals surface area contributed by atoms with E-state index >= 15 is 0 Å².